The van der Waals surface area contributed by atoms with Crippen molar-refractivity contribution in [3.63, 3.8) is 0 Å². The van der Waals surface area contributed by atoms with E-state index in [9.17, 15) is 22.8 Å². The molecule has 2 fully saturated rings. The molecule has 13 heteroatoms. The van der Waals surface area contributed by atoms with E-state index in [4.69, 9.17) is 10.7 Å². The summed E-state index contributed by atoms with van der Waals surface area (Å²) in [5.41, 5.74) is 6.62. The maximum atomic E-state index is 15.4. The zero-order chi connectivity index (χ0) is 29.1. The van der Waals surface area contributed by atoms with Crippen molar-refractivity contribution in [3.8, 4) is 11.3 Å². The van der Waals surface area contributed by atoms with Crippen molar-refractivity contribution in [2.45, 2.75) is 50.7 Å². The van der Waals surface area contributed by atoms with Crippen LogP contribution in [0.1, 0.15) is 58.9 Å². The third kappa shape index (κ3) is 4.74. The molecule has 1 aromatic carbocycles. The van der Waals surface area contributed by atoms with Crippen molar-refractivity contribution >= 4 is 29.0 Å². The van der Waals surface area contributed by atoms with Gasteiger partial charge in [-0.05, 0) is 56.0 Å². The molecule has 2 atom stereocenters. The molecule has 6 rings (SSSR count). The number of anilines is 2. The summed E-state index contributed by atoms with van der Waals surface area (Å²) in [4.78, 5) is 40.0. The molecule has 2 aliphatic rings. The van der Waals surface area contributed by atoms with E-state index in [1.807, 2.05) is 9.30 Å². The molecule has 9 nitrogen and oxygen atoms in total. The molecule has 0 aliphatic carbocycles. The van der Waals surface area contributed by atoms with Crippen LogP contribution in [0, 0.1) is 12.7 Å². The Balaban J connectivity index is 1.35. The SMILES string of the molecule is Cc1cc(C(=O)Nc2cc(C(F)(F)F)ccn2)c(F)cc1-c1nc([C@@H]2CC[C@H]3CCC(=O)N3C2)n2ccnc(N)c12. The predicted octanol–water partition coefficient (Wildman–Crippen LogP) is 4.96. The first-order valence-corrected chi connectivity index (χ1v) is 13.1. The van der Waals surface area contributed by atoms with Crippen molar-refractivity contribution in [1.29, 1.82) is 0 Å². The second-order valence-corrected chi connectivity index (χ2v) is 10.4. The summed E-state index contributed by atoms with van der Waals surface area (Å²) in [5.74, 6) is -1.28. The number of nitrogens with zero attached hydrogens (tertiary/aromatic N) is 5. The highest BCUT2D eigenvalue weighted by Gasteiger charge is 2.38. The largest absolute Gasteiger partial charge is 0.416 e. The van der Waals surface area contributed by atoms with E-state index in [-0.39, 0.29) is 35.1 Å². The van der Waals surface area contributed by atoms with E-state index in [0.717, 1.165) is 37.6 Å². The quantitative estimate of drug-likeness (QED) is 0.337. The molecular formula is C28H25F4N7O2. The number of nitrogen functional groups attached to an aromatic ring is 1. The molecule has 41 heavy (non-hydrogen) atoms. The molecule has 0 spiro atoms. The van der Waals surface area contributed by atoms with Gasteiger partial charge >= 0.3 is 6.18 Å². The van der Waals surface area contributed by atoms with Crippen LogP contribution in [0.25, 0.3) is 16.8 Å². The highest BCUT2D eigenvalue weighted by molar-refractivity contribution is 6.04. The van der Waals surface area contributed by atoms with Crippen LogP contribution < -0.4 is 11.1 Å². The van der Waals surface area contributed by atoms with E-state index >= 15 is 4.39 Å². The number of aryl methyl sites for hydroxylation is 1. The number of nitrogens with one attached hydrogen (secondary N) is 1. The molecule has 0 saturated carbocycles. The van der Waals surface area contributed by atoms with Gasteiger partial charge in [-0.25, -0.2) is 19.3 Å². The zero-order valence-corrected chi connectivity index (χ0v) is 21.9. The van der Waals surface area contributed by atoms with Crippen LogP contribution >= 0.6 is 0 Å². The van der Waals surface area contributed by atoms with Crippen molar-refractivity contribution < 1.29 is 27.2 Å². The average Bonchev–Trinajstić information content (AvgIpc) is 3.50. The van der Waals surface area contributed by atoms with Crippen LogP contribution in [0.4, 0.5) is 29.2 Å². The third-order valence-electron chi connectivity index (χ3n) is 7.84. The van der Waals surface area contributed by atoms with Crippen molar-refractivity contribution in [3.05, 3.63) is 71.2 Å². The second-order valence-electron chi connectivity index (χ2n) is 10.4. The monoisotopic (exact) mass is 567 g/mol. The summed E-state index contributed by atoms with van der Waals surface area (Å²) < 4.78 is 56.4. The molecule has 0 unspecified atom stereocenters. The number of nitrogens with two attached hydrogens (primary N) is 1. The molecule has 3 aromatic heterocycles. The molecular weight excluding hydrogens is 542 g/mol. The smallest absolute Gasteiger partial charge is 0.382 e. The first-order valence-electron chi connectivity index (χ1n) is 13.1. The summed E-state index contributed by atoms with van der Waals surface area (Å²) in [6.45, 7) is 2.19. The first-order chi connectivity index (χ1) is 19.5. The van der Waals surface area contributed by atoms with Gasteiger partial charge in [0.2, 0.25) is 5.91 Å². The molecule has 2 amide bonds. The van der Waals surface area contributed by atoms with Gasteiger partial charge < -0.3 is 16.0 Å². The standard InChI is InChI=1S/C28H25F4N7O2/c1-14-10-19(27(41)36-21-11-16(6-7-34-21)28(30,31)32)20(29)12-18(14)23-24-25(33)35-8-9-38(24)26(37-23)15-2-3-17-4-5-22(40)39(17)13-15/h6-12,15,17H,2-5,13H2,1H3,(H2,33,35)(H,34,36,41)/t15-,17+/m1/s1. The van der Waals surface area contributed by atoms with Crippen LogP contribution in [0.3, 0.4) is 0 Å². The first kappa shape index (κ1) is 26.7. The van der Waals surface area contributed by atoms with Gasteiger partial charge in [0.1, 0.15) is 34.5 Å². The summed E-state index contributed by atoms with van der Waals surface area (Å²) in [7, 11) is 0. The molecule has 3 N–H and O–H groups in total. The van der Waals surface area contributed by atoms with Crippen molar-refractivity contribution in [2.75, 3.05) is 17.6 Å². The van der Waals surface area contributed by atoms with Gasteiger partial charge in [-0.3, -0.25) is 14.0 Å². The molecule has 212 valence electrons. The van der Waals surface area contributed by atoms with Gasteiger partial charge in [-0.2, -0.15) is 13.2 Å². The third-order valence-corrected chi connectivity index (χ3v) is 7.84. The van der Waals surface area contributed by atoms with Crippen molar-refractivity contribution in [1.82, 2.24) is 24.3 Å². The maximum absolute atomic E-state index is 15.4. The van der Waals surface area contributed by atoms with E-state index in [1.54, 1.807) is 19.3 Å². The fourth-order valence-electron chi connectivity index (χ4n) is 5.81. The number of hydrogen-bond donors (Lipinski definition) is 2. The lowest BCUT2D eigenvalue weighted by atomic mass is 9.92. The highest BCUT2D eigenvalue weighted by Crippen LogP contribution is 2.39. The second kappa shape index (κ2) is 9.82. The number of halogens is 4. The number of benzene rings is 1. The molecule has 2 aliphatic heterocycles. The number of piperidine rings is 1. The minimum atomic E-state index is -4.63. The van der Waals surface area contributed by atoms with Gasteiger partial charge in [0.15, 0.2) is 0 Å². The Morgan fingerprint density at radius 2 is 1.93 bits per heavy atom. The number of amides is 2. The Morgan fingerprint density at radius 3 is 2.71 bits per heavy atom. The van der Waals surface area contributed by atoms with Crippen LogP contribution in [0.5, 0.6) is 0 Å². The molecule has 2 saturated heterocycles. The Kier molecular flexibility index (Phi) is 6.39. The van der Waals surface area contributed by atoms with E-state index in [2.05, 4.69) is 15.3 Å². The van der Waals surface area contributed by atoms with Gasteiger partial charge in [0, 0.05) is 49.1 Å². The summed E-state index contributed by atoms with van der Waals surface area (Å²) in [6.07, 6.45) is 2.65. The zero-order valence-electron chi connectivity index (χ0n) is 21.9. The number of carbonyl (C=O) groups excluding carboxylic acids is 2. The normalized spacial score (nSPS) is 19.0. The topological polar surface area (TPSA) is 119 Å². The summed E-state index contributed by atoms with van der Waals surface area (Å²) >= 11 is 0. The van der Waals surface area contributed by atoms with E-state index in [1.165, 1.54) is 6.07 Å². The predicted molar refractivity (Wildman–Crippen MR) is 141 cm³/mol. The number of pyridine rings is 1. The number of fused-ring (bicyclic) bond motifs is 2. The molecule has 0 bridgehead atoms. The van der Waals surface area contributed by atoms with E-state index in [0.29, 0.717) is 47.2 Å². The van der Waals surface area contributed by atoms with Crippen LogP contribution in [0.2, 0.25) is 0 Å². The minimum absolute atomic E-state index is 0.0634. The number of carbonyl (C=O) groups is 2. The Hall–Kier alpha value is -4.55. The lowest BCUT2D eigenvalue weighted by Crippen LogP contribution is -2.41. The Labute approximate surface area is 231 Å². The number of alkyl halides is 3. The fourth-order valence-corrected chi connectivity index (χ4v) is 5.81. The number of imidazole rings is 1. The molecule has 4 aromatic rings. The molecule has 0 radical (unpaired) electrons. The van der Waals surface area contributed by atoms with Gasteiger partial charge in [-0.1, -0.05) is 0 Å². The Bertz CT molecular complexity index is 1700. The van der Waals surface area contributed by atoms with Gasteiger partial charge in [-0.15, -0.1) is 0 Å². The van der Waals surface area contributed by atoms with Crippen molar-refractivity contribution in [2.24, 2.45) is 0 Å². The van der Waals surface area contributed by atoms with Gasteiger partial charge in [0.25, 0.3) is 5.91 Å². The highest BCUT2D eigenvalue weighted by atomic mass is 19.4. The number of rotatable bonds is 4. The summed E-state index contributed by atoms with van der Waals surface area (Å²) in [5, 5.41) is 2.23. The lowest BCUT2D eigenvalue weighted by molar-refractivity contribution is -0.137. The number of aromatic nitrogens is 4. The maximum Gasteiger partial charge on any atom is 0.416 e. The van der Waals surface area contributed by atoms with Gasteiger partial charge in [0.05, 0.1) is 11.1 Å². The van der Waals surface area contributed by atoms with Crippen LogP contribution in [-0.4, -0.2) is 48.7 Å². The minimum Gasteiger partial charge on any atom is -0.382 e. The fraction of sp³-hybridized carbons (Fsp3) is 0.321. The number of hydrogen-bond acceptors (Lipinski definition) is 6. The van der Waals surface area contributed by atoms with Crippen LogP contribution in [0.15, 0.2) is 42.9 Å². The lowest BCUT2D eigenvalue weighted by Gasteiger charge is -2.34. The van der Waals surface area contributed by atoms with Crippen LogP contribution in [-0.2, 0) is 11.0 Å². The van der Waals surface area contributed by atoms with E-state index < -0.39 is 23.5 Å². The Morgan fingerprint density at radius 1 is 1.12 bits per heavy atom. The summed E-state index contributed by atoms with van der Waals surface area (Å²) in [6, 6.07) is 4.16. The average molecular weight is 568 g/mol. The molecule has 5 heterocycles.